The van der Waals surface area contributed by atoms with Gasteiger partial charge < -0.3 is 10.6 Å². The first kappa shape index (κ1) is 15.8. The number of thioether (sulfide) groups is 1. The monoisotopic (exact) mass is 246 g/mol. The maximum atomic E-state index is 11.5. The molecule has 0 rings (SSSR count). The van der Waals surface area contributed by atoms with E-state index in [0.717, 1.165) is 19.6 Å². The van der Waals surface area contributed by atoms with Crippen molar-refractivity contribution in [2.24, 2.45) is 5.41 Å². The summed E-state index contributed by atoms with van der Waals surface area (Å²) < 4.78 is 0. The summed E-state index contributed by atoms with van der Waals surface area (Å²) >= 11 is 1.97. The molecule has 0 spiro atoms. The van der Waals surface area contributed by atoms with E-state index in [1.54, 1.807) is 0 Å². The van der Waals surface area contributed by atoms with Crippen LogP contribution in [0.5, 0.6) is 0 Å². The molecule has 0 atom stereocenters. The maximum Gasteiger partial charge on any atom is 0.225 e. The number of carbonyl (C=O) groups is 1. The number of hydrogen-bond donors (Lipinski definition) is 2. The van der Waals surface area contributed by atoms with E-state index >= 15 is 0 Å². The molecule has 96 valence electrons. The van der Waals surface area contributed by atoms with Crippen molar-refractivity contribution in [2.75, 3.05) is 31.1 Å². The topological polar surface area (TPSA) is 41.1 Å². The highest BCUT2D eigenvalue weighted by atomic mass is 32.2. The zero-order valence-corrected chi connectivity index (χ0v) is 11.9. The summed E-state index contributed by atoms with van der Waals surface area (Å²) in [5.41, 5.74) is -0.280. The molecule has 0 unspecified atom stereocenters. The molecule has 1 amide bonds. The summed E-state index contributed by atoms with van der Waals surface area (Å²) in [5.74, 6) is 2.54. The van der Waals surface area contributed by atoms with Crippen molar-refractivity contribution < 1.29 is 4.79 Å². The van der Waals surface area contributed by atoms with Crippen LogP contribution in [0, 0.1) is 5.41 Å². The van der Waals surface area contributed by atoms with E-state index in [9.17, 15) is 4.79 Å². The zero-order valence-electron chi connectivity index (χ0n) is 11.1. The lowest BCUT2D eigenvalue weighted by Crippen LogP contribution is -2.38. The van der Waals surface area contributed by atoms with Gasteiger partial charge in [-0.15, -0.1) is 0 Å². The fraction of sp³-hybridized carbons (Fsp3) is 0.917. The number of carbonyl (C=O) groups excluding carboxylic acids is 1. The minimum absolute atomic E-state index is 0.121. The molecule has 0 saturated heterocycles. The van der Waals surface area contributed by atoms with E-state index in [-0.39, 0.29) is 11.3 Å². The Morgan fingerprint density at radius 3 is 2.44 bits per heavy atom. The molecule has 0 heterocycles. The largest absolute Gasteiger partial charge is 0.354 e. The predicted molar refractivity (Wildman–Crippen MR) is 73.0 cm³/mol. The Hall–Kier alpha value is -0.220. The van der Waals surface area contributed by atoms with Crippen LogP contribution in [-0.4, -0.2) is 37.0 Å². The van der Waals surface area contributed by atoms with E-state index in [2.05, 4.69) is 17.6 Å². The molecule has 0 aliphatic heterocycles. The molecule has 0 bridgehead atoms. The van der Waals surface area contributed by atoms with E-state index in [0.29, 0.717) is 0 Å². The highest BCUT2D eigenvalue weighted by Gasteiger charge is 2.19. The molecule has 0 fully saturated rings. The van der Waals surface area contributed by atoms with E-state index in [1.165, 1.54) is 17.9 Å². The van der Waals surface area contributed by atoms with Crippen LogP contribution in [0.4, 0.5) is 0 Å². The molecule has 0 aromatic carbocycles. The summed E-state index contributed by atoms with van der Waals surface area (Å²) in [6, 6.07) is 0. The average molecular weight is 246 g/mol. The quantitative estimate of drug-likeness (QED) is 0.643. The number of nitrogens with one attached hydrogen (secondary N) is 2. The number of rotatable bonds is 8. The van der Waals surface area contributed by atoms with Crippen molar-refractivity contribution in [3.05, 3.63) is 0 Å². The predicted octanol–water partition coefficient (Wildman–Crippen LogP) is 1.88. The summed E-state index contributed by atoms with van der Waals surface area (Å²) in [5, 5.41) is 6.24. The third kappa shape index (κ3) is 9.04. The third-order valence-electron chi connectivity index (χ3n) is 2.11. The molecule has 4 heteroatoms. The minimum Gasteiger partial charge on any atom is -0.354 e. The zero-order chi connectivity index (χ0) is 12.4. The molecule has 0 saturated carbocycles. The summed E-state index contributed by atoms with van der Waals surface area (Å²) in [7, 11) is 0. The lowest BCUT2D eigenvalue weighted by Gasteiger charge is -2.17. The SMILES string of the molecule is CCSCCCNCCNC(=O)C(C)(C)C. The van der Waals surface area contributed by atoms with Crippen LogP contribution >= 0.6 is 11.8 Å². The van der Waals surface area contributed by atoms with Crippen molar-refractivity contribution >= 4 is 17.7 Å². The fourth-order valence-corrected chi connectivity index (χ4v) is 1.74. The standard InChI is InChI=1S/C12H26N2OS/c1-5-16-10-6-7-13-8-9-14-11(15)12(2,3)4/h13H,5-10H2,1-4H3,(H,14,15). The van der Waals surface area contributed by atoms with Crippen molar-refractivity contribution in [3.8, 4) is 0 Å². The van der Waals surface area contributed by atoms with Gasteiger partial charge in [0.1, 0.15) is 0 Å². The van der Waals surface area contributed by atoms with Crippen molar-refractivity contribution in [3.63, 3.8) is 0 Å². The molecule has 16 heavy (non-hydrogen) atoms. The first-order valence-electron chi connectivity index (χ1n) is 6.05. The van der Waals surface area contributed by atoms with Gasteiger partial charge in [-0.25, -0.2) is 0 Å². The van der Waals surface area contributed by atoms with Crippen LogP contribution in [0.15, 0.2) is 0 Å². The first-order valence-corrected chi connectivity index (χ1v) is 7.20. The van der Waals surface area contributed by atoms with Gasteiger partial charge in [-0.1, -0.05) is 27.7 Å². The van der Waals surface area contributed by atoms with Gasteiger partial charge in [0.15, 0.2) is 0 Å². The van der Waals surface area contributed by atoms with Crippen molar-refractivity contribution in [1.29, 1.82) is 0 Å². The smallest absolute Gasteiger partial charge is 0.225 e. The van der Waals surface area contributed by atoms with Gasteiger partial charge in [-0.3, -0.25) is 4.79 Å². The van der Waals surface area contributed by atoms with Crippen LogP contribution in [0.25, 0.3) is 0 Å². The molecule has 2 N–H and O–H groups in total. The van der Waals surface area contributed by atoms with Gasteiger partial charge in [0.25, 0.3) is 0 Å². The summed E-state index contributed by atoms with van der Waals surface area (Å²) in [4.78, 5) is 11.5. The Labute approximate surface area is 104 Å². The van der Waals surface area contributed by atoms with Gasteiger partial charge >= 0.3 is 0 Å². The van der Waals surface area contributed by atoms with Crippen LogP contribution in [0.1, 0.15) is 34.1 Å². The van der Waals surface area contributed by atoms with Crippen LogP contribution in [-0.2, 0) is 4.79 Å². The lowest BCUT2D eigenvalue weighted by molar-refractivity contribution is -0.128. The van der Waals surface area contributed by atoms with Gasteiger partial charge in [0.05, 0.1) is 0 Å². The Bertz CT molecular complexity index is 190. The molecule has 3 nitrogen and oxygen atoms in total. The molecule has 0 radical (unpaired) electrons. The van der Waals surface area contributed by atoms with Gasteiger partial charge in [0, 0.05) is 18.5 Å². The fourth-order valence-electron chi connectivity index (χ4n) is 1.10. The Balaban J connectivity index is 3.25. The molecule has 0 aliphatic rings. The van der Waals surface area contributed by atoms with Crippen LogP contribution in [0.3, 0.4) is 0 Å². The Morgan fingerprint density at radius 1 is 1.19 bits per heavy atom. The summed E-state index contributed by atoms with van der Waals surface area (Å²) in [6.45, 7) is 10.6. The van der Waals surface area contributed by atoms with Gasteiger partial charge in [-0.2, -0.15) is 11.8 Å². The summed E-state index contributed by atoms with van der Waals surface area (Å²) in [6.07, 6.45) is 1.20. The molecular formula is C12H26N2OS. The minimum atomic E-state index is -0.280. The van der Waals surface area contributed by atoms with E-state index in [1.807, 2.05) is 32.5 Å². The van der Waals surface area contributed by atoms with E-state index in [4.69, 9.17) is 0 Å². The second kappa shape index (κ2) is 8.88. The average Bonchev–Trinajstić information content (AvgIpc) is 2.20. The Kier molecular flexibility index (Phi) is 8.76. The second-order valence-electron chi connectivity index (χ2n) is 4.81. The maximum absolute atomic E-state index is 11.5. The first-order chi connectivity index (χ1) is 7.48. The third-order valence-corrected chi connectivity index (χ3v) is 3.10. The van der Waals surface area contributed by atoms with Gasteiger partial charge in [-0.05, 0) is 24.5 Å². The normalized spacial score (nSPS) is 11.5. The Morgan fingerprint density at radius 2 is 1.88 bits per heavy atom. The van der Waals surface area contributed by atoms with Crippen molar-refractivity contribution in [1.82, 2.24) is 10.6 Å². The van der Waals surface area contributed by atoms with E-state index < -0.39 is 0 Å². The molecular weight excluding hydrogens is 220 g/mol. The van der Waals surface area contributed by atoms with Crippen LogP contribution < -0.4 is 10.6 Å². The lowest BCUT2D eigenvalue weighted by atomic mass is 9.96. The number of amides is 1. The highest BCUT2D eigenvalue weighted by molar-refractivity contribution is 7.99. The number of hydrogen-bond acceptors (Lipinski definition) is 3. The second-order valence-corrected chi connectivity index (χ2v) is 6.20. The molecule has 0 aromatic rings. The molecule has 0 aliphatic carbocycles. The molecule has 0 aromatic heterocycles. The van der Waals surface area contributed by atoms with Crippen molar-refractivity contribution in [2.45, 2.75) is 34.1 Å². The highest BCUT2D eigenvalue weighted by Crippen LogP contribution is 2.11. The van der Waals surface area contributed by atoms with Gasteiger partial charge in [0.2, 0.25) is 5.91 Å². The van der Waals surface area contributed by atoms with Crippen LogP contribution in [0.2, 0.25) is 0 Å².